The van der Waals surface area contributed by atoms with E-state index in [1.165, 1.54) is 18.4 Å². The highest BCUT2D eigenvalue weighted by molar-refractivity contribution is 9.10. The number of hydrogen-bond acceptors (Lipinski definition) is 1. The van der Waals surface area contributed by atoms with Crippen molar-refractivity contribution < 1.29 is 5.11 Å². The summed E-state index contributed by atoms with van der Waals surface area (Å²) in [4.78, 5) is 0. The molecule has 1 nitrogen and oxygen atoms in total. The molecule has 0 heterocycles. The van der Waals surface area contributed by atoms with Crippen LogP contribution in [0.15, 0.2) is 28.7 Å². The molecule has 96 valence electrons. The second-order valence-corrected chi connectivity index (χ2v) is 6.31. The topological polar surface area (TPSA) is 20.2 Å². The monoisotopic (exact) mass is 298 g/mol. The first-order valence-electron chi connectivity index (χ1n) is 6.40. The van der Waals surface area contributed by atoms with Gasteiger partial charge in [-0.25, -0.2) is 0 Å². The van der Waals surface area contributed by atoms with Gasteiger partial charge in [0.05, 0.1) is 5.60 Å². The fourth-order valence-electron chi connectivity index (χ4n) is 2.46. The zero-order valence-corrected chi connectivity index (χ0v) is 12.6. The highest BCUT2D eigenvalue weighted by Crippen LogP contribution is 2.24. The lowest BCUT2D eigenvalue weighted by Crippen LogP contribution is -2.29. The van der Waals surface area contributed by atoms with Gasteiger partial charge >= 0.3 is 0 Å². The van der Waals surface area contributed by atoms with Gasteiger partial charge in [-0.2, -0.15) is 0 Å². The minimum atomic E-state index is -0.595. The van der Waals surface area contributed by atoms with Crippen LogP contribution < -0.4 is 0 Å². The number of benzene rings is 1. The molecule has 17 heavy (non-hydrogen) atoms. The van der Waals surface area contributed by atoms with Crippen LogP contribution in [0.4, 0.5) is 0 Å². The molecule has 0 bridgehead atoms. The molecule has 1 rings (SSSR count). The number of hydrogen-bond donors (Lipinski definition) is 1. The molecule has 2 unspecified atom stereocenters. The lowest BCUT2D eigenvalue weighted by Gasteiger charge is -2.27. The van der Waals surface area contributed by atoms with E-state index in [0.717, 1.165) is 17.3 Å². The molecule has 2 atom stereocenters. The number of halogens is 1. The Morgan fingerprint density at radius 3 is 2.41 bits per heavy atom. The summed E-state index contributed by atoms with van der Waals surface area (Å²) in [5.74, 6) is 0.588. The normalized spacial score (nSPS) is 16.5. The van der Waals surface area contributed by atoms with Crippen LogP contribution in [0.25, 0.3) is 0 Å². The third kappa shape index (κ3) is 5.69. The van der Waals surface area contributed by atoms with E-state index in [9.17, 15) is 5.11 Å². The summed E-state index contributed by atoms with van der Waals surface area (Å²) < 4.78 is 1.08. The molecule has 1 N–H and O–H groups in total. The van der Waals surface area contributed by atoms with E-state index in [4.69, 9.17) is 0 Å². The average Bonchev–Trinajstić information content (AvgIpc) is 2.20. The van der Waals surface area contributed by atoms with Gasteiger partial charge in [0.25, 0.3) is 0 Å². The lowest BCUT2D eigenvalue weighted by atomic mass is 9.86. The van der Waals surface area contributed by atoms with Crippen LogP contribution in [-0.2, 0) is 6.42 Å². The van der Waals surface area contributed by atoms with Crippen molar-refractivity contribution in [3.8, 4) is 0 Å². The molecule has 0 saturated carbocycles. The van der Waals surface area contributed by atoms with Gasteiger partial charge in [0, 0.05) is 10.9 Å². The summed E-state index contributed by atoms with van der Waals surface area (Å²) in [5, 5.41) is 10.4. The molecule has 0 spiro atoms. The Balaban J connectivity index is 2.56. The maximum Gasteiger partial charge on any atom is 0.0662 e. The van der Waals surface area contributed by atoms with Crippen molar-refractivity contribution in [2.45, 2.75) is 52.1 Å². The van der Waals surface area contributed by atoms with Gasteiger partial charge in [0.15, 0.2) is 0 Å². The summed E-state index contributed by atoms with van der Waals surface area (Å²) in [5.41, 5.74) is 0.601. The molecule has 0 aliphatic rings. The standard InChI is InChI=1S/C15H23BrO/c1-4-5-12(2)10-15(3,17)11-13-6-8-14(16)9-7-13/h6-9,12,17H,4-5,10-11H2,1-3H3. The largest absolute Gasteiger partial charge is 0.390 e. The Morgan fingerprint density at radius 2 is 1.88 bits per heavy atom. The van der Waals surface area contributed by atoms with Crippen molar-refractivity contribution in [1.82, 2.24) is 0 Å². The molecule has 0 radical (unpaired) electrons. The van der Waals surface area contributed by atoms with Crippen molar-refractivity contribution in [1.29, 1.82) is 0 Å². The highest BCUT2D eigenvalue weighted by atomic mass is 79.9. The van der Waals surface area contributed by atoms with Crippen LogP contribution >= 0.6 is 15.9 Å². The molecule has 0 aromatic heterocycles. The first kappa shape index (κ1) is 14.7. The van der Waals surface area contributed by atoms with Gasteiger partial charge in [-0.05, 0) is 37.0 Å². The van der Waals surface area contributed by atoms with Crippen molar-refractivity contribution in [3.05, 3.63) is 34.3 Å². The summed E-state index contributed by atoms with van der Waals surface area (Å²) in [6, 6.07) is 8.20. The van der Waals surface area contributed by atoms with Crippen LogP contribution in [0.2, 0.25) is 0 Å². The quantitative estimate of drug-likeness (QED) is 0.816. The molecule has 0 aliphatic heterocycles. The molecule has 0 aliphatic carbocycles. The molecule has 0 fully saturated rings. The molecule has 0 amide bonds. The molecule has 2 heteroatoms. The smallest absolute Gasteiger partial charge is 0.0662 e. The van der Waals surface area contributed by atoms with E-state index < -0.39 is 5.60 Å². The van der Waals surface area contributed by atoms with E-state index in [0.29, 0.717) is 5.92 Å². The molecule has 1 aromatic rings. The predicted molar refractivity (Wildman–Crippen MR) is 77.2 cm³/mol. The Bertz CT molecular complexity index is 329. The highest BCUT2D eigenvalue weighted by Gasteiger charge is 2.23. The minimum Gasteiger partial charge on any atom is -0.390 e. The lowest BCUT2D eigenvalue weighted by molar-refractivity contribution is 0.0352. The first-order chi connectivity index (χ1) is 7.93. The van der Waals surface area contributed by atoms with Gasteiger partial charge < -0.3 is 5.11 Å². The van der Waals surface area contributed by atoms with Gasteiger partial charge in [0.2, 0.25) is 0 Å². The summed E-state index contributed by atoms with van der Waals surface area (Å²) in [6.45, 7) is 6.36. The Labute approximate surface area is 113 Å². The van der Waals surface area contributed by atoms with E-state index >= 15 is 0 Å². The van der Waals surface area contributed by atoms with Gasteiger partial charge in [-0.3, -0.25) is 0 Å². The van der Waals surface area contributed by atoms with Crippen molar-refractivity contribution >= 4 is 15.9 Å². The second kappa shape index (κ2) is 6.55. The maximum absolute atomic E-state index is 10.4. The van der Waals surface area contributed by atoms with Crippen molar-refractivity contribution in [2.24, 2.45) is 5.92 Å². The van der Waals surface area contributed by atoms with Crippen molar-refractivity contribution in [2.75, 3.05) is 0 Å². The summed E-state index contributed by atoms with van der Waals surface area (Å²) in [7, 11) is 0. The van der Waals surface area contributed by atoms with E-state index in [1.54, 1.807) is 0 Å². The maximum atomic E-state index is 10.4. The van der Waals surface area contributed by atoms with Crippen molar-refractivity contribution in [3.63, 3.8) is 0 Å². The third-order valence-corrected chi connectivity index (χ3v) is 3.60. The Morgan fingerprint density at radius 1 is 1.29 bits per heavy atom. The van der Waals surface area contributed by atoms with Crippen LogP contribution in [0.5, 0.6) is 0 Å². The zero-order chi connectivity index (χ0) is 12.9. The van der Waals surface area contributed by atoms with Crippen LogP contribution in [0.3, 0.4) is 0 Å². The van der Waals surface area contributed by atoms with E-state index in [2.05, 4.69) is 41.9 Å². The average molecular weight is 299 g/mol. The van der Waals surface area contributed by atoms with Crippen LogP contribution in [0.1, 0.15) is 45.6 Å². The fraction of sp³-hybridized carbons (Fsp3) is 0.600. The number of aliphatic hydroxyl groups is 1. The first-order valence-corrected chi connectivity index (χ1v) is 7.19. The number of rotatable bonds is 6. The SMILES string of the molecule is CCCC(C)CC(C)(O)Cc1ccc(Br)cc1. The molecular weight excluding hydrogens is 276 g/mol. The second-order valence-electron chi connectivity index (χ2n) is 5.40. The summed E-state index contributed by atoms with van der Waals surface area (Å²) in [6.07, 6.45) is 3.98. The molecule has 0 saturated heterocycles. The summed E-state index contributed by atoms with van der Waals surface area (Å²) >= 11 is 3.42. The Kier molecular flexibility index (Phi) is 5.68. The van der Waals surface area contributed by atoms with Gasteiger partial charge in [-0.1, -0.05) is 54.8 Å². The molecule has 1 aromatic carbocycles. The predicted octanol–water partition coefficient (Wildman–Crippen LogP) is 4.57. The molecular formula is C15H23BrO. The Hall–Kier alpha value is -0.340. The zero-order valence-electron chi connectivity index (χ0n) is 11.0. The van der Waals surface area contributed by atoms with Gasteiger partial charge in [-0.15, -0.1) is 0 Å². The van der Waals surface area contributed by atoms with E-state index in [1.807, 2.05) is 19.1 Å². The van der Waals surface area contributed by atoms with Crippen LogP contribution in [-0.4, -0.2) is 10.7 Å². The minimum absolute atomic E-state index is 0.588. The van der Waals surface area contributed by atoms with E-state index in [-0.39, 0.29) is 0 Å². The fourth-order valence-corrected chi connectivity index (χ4v) is 2.72. The van der Waals surface area contributed by atoms with Gasteiger partial charge in [0.1, 0.15) is 0 Å². The van der Waals surface area contributed by atoms with Crippen LogP contribution in [0, 0.1) is 5.92 Å². The third-order valence-electron chi connectivity index (χ3n) is 3.07.